The fraction of sp³-hybridized carbons (Fsp3) is 0.611. The number of nitrogens with zero attached hydrogens (tertiary/aromatic N) is 2. The summed E-state index contributed by atoms with van der Waals surface area (Å²) in [5, 5.41) is 20.3. The Balaban J connectivity index is 1.39. The lowest BCUT2D eigenvalue weighted by Gasteiger charge is -2.49. The Bertz CT molecular complexity index is 686. The maximum Gasteiger partial charge on any atom is 0.121 e. The van der Waals surface area contributed by atoms with Gasteiger partial charge in [-0.1, -0.05) is 12.1 Å². The second kappa shape index (κ2) is 5.81. The molecule has 4 rings (SSSR count). The van der Waals surface area contributed by atoms with E-state index in [1.165, 1.54) is 0 Å². The lowest BCUT2D eigenvalue weighted by Crippen LogP contribution is -2.59. The van der Waals surface area contributed by atoms with Crippen molar-refractivity contribution in [2.75, 3.05) is 19.7 Å². The van der Waals surface area contributed by atoms with Gasteiger partial charge in [-0.2, -0.15) is 0 Å². The minimum absolute atomic E-state index is 0.219. The van der Waals surface area contributed by atoms with Gasteiger partial charge in [0.05, 0.1) is 35.4 Å². The number of aliphatic hydroxyl groups is 2. The molecule has 130 valence electrons. The molecule has 0 bridgehead atoms. The zero-order valence-corrected chi connectivity index (χ0v) is 14.0. The Labute approximate surface area is 141 Å². The summed E-state index contributed by atoms with van der Waals surface area (Å²) in [7, 11) is 0. The fourth-order valence-corrected chi connectivity index (χ4v) is 3.99. The minimum Gasteiger partial charge on any atom is -0.388 e. The average Bonchev–Trinajstić information content (AvgIpc) is 2.96. The highest BCUT2D eigenvalue weighted by Gasteiger charge is 2.48. The molecule has 2 aliphatic heterocycles. The number of para-hydroxylation sites is 2. The molecule has 1 spiro atoms. The number of fused-ring (bicyclic) bond motifs is 1. The monoisotopic (exact) mass is 331 g/mol. The number of rotatable bonds is 2. The van der Waals surface area contributed by atoms with Gasteiger partial charge in [-0.25, -0.2) is 4.98 Å². The van der Waals surface area contributed by atoms with E-state index in [0.717, 1.165) is 49.3 Å². The highest BCUT2D eigenvalue weighted by atomic mass is 16.5. The number of aliphatic hydroxyl groups excluding tert-OH is 1. The topological polar surface area (TPSA) is 81.6 Å². The highest BCUT2D eigenvalue weighted by Crippen LogP contribution is 2.39. The van der Waals surface area contributed by atoms with Crippen LogP contribution in [0.2, 0.25) is 0 Å². The third-order valence-electron chi connectivity index (χ3n) is 5.52. The van der Waals surface area contributed by atoms with E-state index in [1.54, 1.807) is 6.92 Å². The first-order valence-corrected chi connectivity index (χ1v) is 8.66. The van der Waals surface area contributed by atoms with E-state index in [2.05, 4.69) is 14.9 Å². The van der Waals surface area contributed by atoms with E-state index >= 15 is 0 Å². The van der Waals surface area contributed by atoms with Gasteiger partial charge in [0.25, 0.3) is 0 Å². The number of H-pyrrole nitrogens is 1. The molecule has 3 N–H and O–H groups in total. The van der Waals surface area contributed by atoms with Crippen molar-refractivity contribution in [3.63, 3.8) is 0 Å². The van der Waals surface area contributed by atoms with Crippen LogP contribution in [0.4, 0.5) is 0 Å². The molecule has 1 aromatic heterocycles. The van der Waals surface area contributed by atoms with Crippen LogP contribution in [0.15, 0.2) is 24.3 Å². The molecule has 2 aliphatic rings. The number of nitrogens with one attached hydrogen (secondary N) is 1. The van der Waals surface area contributed by atoms with Gasteiger partial charge < -0.3 is 19.9 Å². The summed E-state index contributed by atoms with van der Waals surface area (Å²) in [4.78, 5) is 10.4. The van der Waals surface area contributed by atoms with Crippen molar-refractivity contribution in [1.82, 2.24) is 14.9 Å². The number of aromatic amines is 1. The number of aromatic nitrogens is 2. The molecule has 1 aromatic carbocycles. The summed E-state index contributed by atoms with van der Waals surface area (Å²) in [6.45, 7) is 4.54. The smallest absolute Gasteiger partial charge is 0.121 e. The summed E-state index contributed by atoms with van der Waals surface area (Å²) in [6, 6.07) is 8.07. The van der Waals surface area contributed by atoms with Gasteiger partial charge in [0.2, 0.25) is 0 Å². The van der Waals surface area contributed by atoms with Crippen LogP contribution in [0.1, 0.15) is 32.0 Å². The third kappa shape index (κ3) is 2.95. The Morgan fingerprint density at radius 3 is 2.79 bits per heavy atom. The summed E-state index contributed by atoms with van der Waals surface area (Å²) in [5.74, 6) is 0.985. The van der Waals surface area contributed by atoms with Crippen LogP contribution in [-0.2, 0) is 11.3 Å². The van der Waals surface area contributed by atoms with E-state index in [1.807, 2.05) is 24.3 Å². The van der Waals surface area contributed by atoms with Crippen LogP contribution in [0, 0.1) is 0 Å². The number of piperidine rings is 1. The molecule has 2 saturated heterocycles. The molecule has 2 aromatic rings. The molecule has 0 saturated carbocycles. The first-order chi connectivity index (χ1) is 11.5. The molecular weight excluding hydrogens is 306 g/mol. The lowest BCUT2D eigenvalue weighted by atomic mass is 9.76. The molecule has 2 fully saturated rings. The van der Waals surface area contributed by atoms with Crippen LogP contribution in [0.3, 0.4) is 0 Å². The second-order valence-corrected chi connectivity index (χ2v) is 7.52. The Hall–Kier alpha value is -1.47. The predicted octanol–water partition coefficient (Wildman–Crippen LogP) is 1.43. The summed E-state index contributed by atoms with van der Waals surface area (Å²) < 4.78 is 5.94. The fourth-order valence-electron chi connectivity index (χ4n) is 3.99. The van der Waals surface area contributed by atoms with Crippen LogP contribution in [0.5, 0.6) is 0 Å². The SMILES string of the molecule is C[C@]1(O)CC2(CCN(Cc3nc4ccccc4[nH]3)CC2)OC[C@@H]1O. The molecule has 0 unspecified atom stereocenters. The minimum atomic E-state index is -1.06. The maximum absolute atomic E-state index is 10.4. The molecule has 2 atom stereocenters. The number of imidazole rings is 1. The number of ether oxygens (including phenoxy) is 1. The van der Waals surface area contributed by atoms with Crippen molar-refractivity contribution in [2.45, 2.75) is 50.0 Å². The van der Waals surface area contributed by atoms with E-state index in [0.29, 0.717) is 6.42 Å². The molecule has 24 heavy (non-hydrogen) atoms. The number of hydrogen-bond donors (Lipinski definition) is 3. The van der Waals surface area contributed by atoms with Crippen molar-refractivity contribution >= 4 is 11.0 Å². The third-order valence-corrected chi connectivity index (χ3v) is 5.52. The van der Waals surface area contributed by atoms with Crippen LogP contribution in [0.25, 0.3) is 11.0 Å². The number of benzene rings is 1. The summed E-state index contributed by atoms with van der Waals surface area (Å²) >= 11 is 0. The summed E-state index contributed by atoms with van der Waals surface area (Å²) in [5.41, 5.74) is 0.718. The second-order valence-electron chi connectivity index (χ2n) is 7.52. The van der Waals surface area contributed by atoms with Crippen LogP contribution in [-0.4, -0.2) is 62.1 Å². The largest absolute Gasteiger partial charge is 0.388 e. The van der Waals surface area contributed by atoms with Crippen LogP contribution < -0.4 is 0 Å². The Morgan fingerprint density at radius 2 is 2.08 bits per heavy atom. The lowest BCUT2D eigenvalue weighted by molar-refractivity contribution is -0.223. The maximum atomic E-state index is 10.4. The van der Waals surface area contributed by atoms with Crippen LogP contribution >= 0.6 is 0 Å². The normalized spacial score (nSPS) is 30.9. The molecule has 0 amide bonds. The molecule has 0 aliphatic carbocycles. The van der Waals surface area contributed by atoms with E-state index in [-0.39, 0.29) is 12.2 Å². The van der Waals surface area contributed by atoms with Crippen molar-refractivity contribution in [2.24, 2.45) is 0 Å². The molecule has 3 heterocycles. The zero-order valence-electron chi connectivity index (χ0n) is 14.0. The first-order valence-electron chi connectivity index (χ1n) is 8.66. The molecule has 0 radical (unpaired) electrons. The van der Waals surface area contributed by atoms with Gasteiger partial charge in [0, 0.05) is 19.5 Å². The van der Waals surface area contributed by atoms with E-state index in [9.17, 15) is 10.2 Å². The van der Waals surface area contributed by atoms with Crippen molar-refractivity contribution in [3.05, 3.63) is 30.1 Å². The van der Waals surface area contributed by atoms with Gasteiger partial charge in [-0.15, -0.1) is 0 Å². The van der Waals surface area contributed by atoms with E-state index in [4.69, 9.17) is 4.74 Å². The van der Waals surface area contributed by atoms with Gasteiger partial charge in [0.15, 0.2) is 0 Å². The standard InChI is InChI=1S/C18H25N3O3/c1-17(23)12-18(24-11-15(17)22)6-8-21(9-7-18)10-16-19-13-4-2-3-5-14(13)20-16/h2-5,15,22-23H,6-12H2,1H3,(H,19,20)/t15-,17-/m0/s1. The quantitative estimate of drug-likeness (QED) is 0.776. The van der Waals surface area contributed by atoms with Crippen molar-refractivity contribution < 1.29 is 14.9 Å². The molecular formula is C18H25N3O3. The van der Waals surface area contributed by atoms with Gasteiger partial charge >= 0.3 is 0 Å². The van der Waals surface area contributed by atoms with Gasteiger partial charge in [-0.3, -0.25) is 4.90 Å². The summed E-state index contributed by atoms with van der Waals surface area (Å²) in [6.07, 6.45) is 1.45. The number of likely N-dealkylation sites (tertiary alicyclic amines) is 1. The van der Waals surface area contributed by atoms with Gasteiger partial charge in [0.1, 0.15) is 11.9 Å². The Morgan fingerprint density at radius 1 is 1.33 bits per heavy atom. The number of hydrogen-bond acceptors (Lipinski definition) is 5. The molecule has 6 heteroatoms. The Kier molecular flexibility index (Phi) is 3.88. The van der Waals surface area contributed by atoms with Gasteiger partial charge in [-0.05, 0) is 31.9 Å². The van der Waals surface area contributed by atoms with Crippen molar-refractivity contribution in [1.29, 1.82) is 0 Å². The molecule has 6 nitrogen and oxygen atoms in total. The van der Waals surface area contributed by atoms with E-state index < -0.39 is 11.7 Å². The van der Waals surface area contributed by atoms with Crippen molar-refractivity contribution in [3.8, 4) is 0 Å². The first kappa shape index (κ1) is 16.0. The highest BCUT2D eigenvalue weighted by molar-refractivity contribution is 5.74. The average molecular weight is 331 g/mol. The predicted molar refractivity (Wildman–Crippen MR) is 90.5 cm³/mol. The zero-order chi connectivity index (χ0) is 16.8.